The van der Waals surface area contributed by atoms with Gasteiger partial charge < -0.3 is 11.1 Å². The number of nitrogen functional groups attached to an aromatic ring is 1. The first-order chi connectivity index (χ1) is 8.27. The molecule has 0 aliphatic heterocycles. The van der Waals surface area contributed by atoms with Gasteiger partial charge in [0, 0.05) is 18.0 Å². The highest BCUT2D eigenvalue weighted by atomic mass is 16.2. The summed E-state index contributed by atoms with van der Waals surface area (Å²) in [6.45, 7) is 0.483. The van der Waals surface area contributed by atoms with E-state index in [-0.39, 0.29) is 11.8 Å². The third-order valence-corrected chi connectivity index (χ3v) is 4.16. The lowest BCUT2D eigenvalue weighted by Gasteiger charge is -2.04. The van der Waals surface area contributed by atoms with Crippen molar-refractivity contribution >= 4 is 11.7 Å². The molecule has 0 saturated heterocycles. The van der Waals surface area contributed by atoms with Crippen LogP contribution < -0.4 is 11.1 Å². The third kappa shape index (κ3) is 1.90. The normalized spacial score (nSPS) is 30.7. The third-order valence-electron chi connectivity index (χ3n) is 4.16. The Kier molecular flexibility index (Phi) is 2.53. The highest BCUT2D eigenvalue weighted by Crippen LogP contribution is 2.55. The van der Waals surface area contributed by atoms with Crippen molar-refractivity contribution in [1.29, 1.82) is 0 Å². The van der Waals surface area contributed by atoms with Gasteiger partial charge >= 0.3 is 0 Å². The summed E-state index contributed by atoms with van der Waals surface area (Å²) < 4.78 is 0. The van der Waals surface area contributed by atoms with Gasteiger partial charge in [-0.15, -0.1) is 0 Å². The summed E-state index contributed by atoms with van der Waals surface area (Å²) in [5.74, 6) is 2.32. The second kappa shape index (κ2) is 4.05. The van der Waals surface area contributed by atoms with Crippen molar-refractivity contribution in [2.45, 2.75) is 32.2 Å². The number of nitrogens with two attached hydrogens (primary N) is 1. The van der Waals surface area contributed by atoms with Gasteiger partial charge in [0.2, 0.25) is 5.91 Å². The van der Waals surface area contributed by atoms with E-state index in [1.807, 2.05) is 0 Å². The predicted molar refractivity (Wildman–Crippen MR) is 63.8 cm³/mol. The van der Waals surface area contributed by atoms with Crippen LogP contribution in [0.25, 0.3) is 0 Å². The Morgan fingerprint density at radius 1 is 1.47 bits per heavy atom. The number of aromatic nitrogens is 2. The first kappa shape index (κ1) is 10.6. The number of nitrogens with one attached hydrogen (secondary N) is 2. The fourth-order valence-electron chi connectivity index (χ4n) is 3.14. The van der Waals surface area contributed by atoms with Crippen LogP contribution in [0, 0.1) is 17.8 Å². The van der Waals surface area contributed by atoms with Crippen LogP contribution >= 0.6 is 0 Å². The fourth-order valence-corrected chi connectivity index (χ4v) is 3.14. The standard InChI is InChI=1S/C12H18N4O/c13-11-7(6-15-16-11)5-14-12(17)10-8-3-1-2-4-9(8)10/h6,8-10H,1-5H2,(H,14,17)(H3,13,15,16). The van der Waals surface area contributed by atoms with Crippen molar-refractivity contribution in [3.63, 3.8) is 0 Å². The fraction of sp³-hybridized carbons (Fsp3) is 0.667. The molecule has 3 rings (SSSR count). The maximum Gasteiger partial charge on any atom is 0.223 e. The molecule has 2 saturated carbocycles. The summed E-state index contributed by atoms with van der Waals surface area (Å²) in [5.41, 5.74) is 6.53. The van der Waals surface area contributed by atoms with Gasteiger partial charge in [0.25, 0.3) is 0 Å². The lowest BCUT2D eigenvalue weighted by Crippen LogP contribution is -2.25. The van der Waals surface area contributed by atoms with Crippen LogP contribution in [0.3, 0.4) is 0 Å². The summed E-state index contributed by atoms with van der Waals surface area (Å²) in [4.78, 5) is 12.0. The number of hydrogen-bond acceptors (Lipinski definition) is 3. The number of rotatable bonds is 3. The average molecular weight is 234 g/mol. The Balaban J connectivity index is 1.53. The van der Waals surface area contributed by atoms with Gasteiger partial charge in [-0.2, -0.15) is 5.10 Å². The summed E-state index contributed by atoms with van der Waals surface area (Å²) >= 11 is 0. The molecule has 2 atom stereocenters. The summed E-state index contributed by atoms with van der Waals surface area (Å²) in [7, 11) is 0. The molecule has 2 aliphatic rings. The molecule has 0 spiro atoms. The molecule has 2 unspecified atom stereocenters. The molecule has 1 amide bonds. The van der Waals surface area contributed by atoms with Crippen LogP contribution in [0.15, 0.2) is 6.20 Å². The number of fused-ring (bicyclic) bond motifs is 1. The van der Waals surface area contributed by atoms with Gasteiger partial charge in [-0.3, -0.25) is 9.89 Å². The van der Waals surface area contributed by atoms with E-state index in [1.165, 1.54) is 25.7 Å². The minimum Gasteiger partial charge on any atom is -0.384 e. The molecule has 1 aromatic rings. The summed E-state index contributed by atoms with van der Waals surface area (Å²) in [6.07, 6.45) is 6.71. The van der Waals surface area contributed by atoms with Crippen LogP contribution in [-0.2, 0) is 11.3 Å². The SMILES string of the molecule is Nc1[nH]ncc1CNC(=O)C1C2CCCCC21. The molecular formula is C12H18N4O. The Labute approximate surface area is 100 Å². The van der Waals surface area contributed by atoms with E-state index in [0.29, 0.717) is 24.2 Å². The zero-order valence-corrected chi connectivity index (χ0v) is 9.78. The van der Waals surface area contributed by atoms with Gasteiger partial charge in [-0.25, -0.2) is 0 Å². The van der Waals surface area contributed by atoms with Gasteiger partial charge in [0.15, 0.2) is 0 Å². The van der Waals surface area contributed by atoms with Crippen LogP contribution in [-0.4, -0.2) is 16.1 Å². The Hall–Kier alpha value is -1.52. The molecule has 1 aromatic heterocycles. The number of nitrogens with zero attached hydrogens (tertiary/aromatic N) is 1. The molecule has 1 heterocycles. The Morgan fingerprint density at radius 2 is 2.18 bits per heavy atom. The number of amides is 1. The maximum absolute atomic E-state index is 12.0. The van der Waals surface area contributed by atoms with Crippen LogP contribution in [0.1, 0.15) is 31.2 Å². The van der Waals surface area contributed by atoms with Crippen molar-refractivity contribution in [2.75, 3.05) is 5.73 Å². The second-order valence-electron chi connectivity index (χ2n) is 5.16. The largest absolute Gasteiger partial charge is 0.384 e. The van der Waals surface area contributed by atoms with Gasteiger partial charge in [0.05, 0.1) is 6.20 Å². The molecule has 92 valence electrons. The zero-order valence-electron chi connectivity index (χ0n) is 9.78. The highest BCUT2D eigenvalue weighted by Gasteiger charge is 2.54. The molecule has 5 nitrogen and oxygen atoms in total. The summed E-state index contributed by atoms with van der Waals surface area (Å²) in [5, 5.41) is 9.46. The number of aromatic amines is 1. The number of H-pyrrole nitrogens is 1. The molecule has 0 aromatic carbocycles. The number of carbonyl (C=O) groups is 1. The summed E-state index contributed by atoms with van der Waals surface area (Å²) in [6, 6.07) is 0. The molecule has 0 radical (unpaired) electrons. The highest BCUT2D eigenvalue weighted by molar-refractivity contribution is 5.82. The van der Waals surface area contributed by atoms with Crippen LogP contribution in [0.2, 0.25) is 0 Å². The molecule has 2 fully saturated rings. The molecule has 5 heteroatoms. The van der Waals surface area contributed by atoms with E-state index >= 15 is 0 Å². The minimum atomic E-state index is 0.197. The monoisotopic (exact) mass is 234 g/mol. The van der Waals surface area contributed by atoms with Gasteiger partial charge in [0.1, 0.15) is 5.82 Å². The molecule has 2 aliphatic carbocycles. The minimum absolute atomic E-state index is 0.197. The second-order valence-corrected chi connectivity index (χ2v) is 5.16. The first-order valence-electron chi connectivity index (χ1n) is 6.33. The number of anilines is 1. The predicted octanol–water partition coefficient (Wildman–Crippen LogP) is 1.04. The molecular weight excluding hydrogens is 216 g/mol. The molecule has 4 N–H and O–H groups in total. The quantitative estimate of drug-likeness (QED) is 0.730. The van der Waals surface area contributed by atoms with E-state index < -0.39 is 0 Å². The van der Waals surface area contributed by atoms with Crippen molar-refractivity contribution in [3.8, 4) is 0 Å². The van der Waals surface area contributed by atoms with Crippen molar-refractivity contribution in [1.82, 2.24) is 15.5 Å². The van der Waals surface area contributed by atoms with E-state index in [1.54, 1.807) is 6.20 Å². The van der Waals surface area contributed by atoms with Gasteiger partial charge in [-0.05, 0) is 24.7 Å². The average Bonchev–Trinajstić information content (AvgIpc) is 2.94. The van der Waals surface area contributed by atoms with E-state index in [9.17, 15) is 4.79 Å². The topological polar surface area (TPSA) is 83.8 Å². The van der Waals surface area contributed by atoms with E-state index in [2.05, 4.69) is 15.5 Å². The first-order valence-corrected chi connectivity index (χ1v) is 6.33. The van der Waals surface area contributed by atoms with Crippen molar-refractivity contribution in [3.05, 3.63) is 11.8 Å². The van der Waals surface area contributed by atoms with E-state index in [0.717, 1.165) is 5.56 Å². The Bertz CT molecular complexity index is 416. The lowest BCUT2D eigenvalue weighted by molar-refractivity contribution is -0.123. The number of hydrogen-bond donors (Lipinski definition) is 3. The van der Waals surface area contributed by atoms with Crippen molar-refractivity contribution < 1.29 is 4.79 Å². The molecule has 0 bridgehead atoms. The lowest BCUT2D eigenvalue weighted by atomic mass is 10.0. The van der Waals surface area contributed by atoms with Crippen molar-refractivity contribution in [2.24, 2.45) is 17.8 Å². The van der Waals surface area contributed by atoms with Crippen LogP contribution in [0.4, 0.5) is 5.82 Å². The number of carbonyl (C=O) groups excluding carboxylic acids is 1. The van der Waals surface area contributed by atoms with Crippen LogP contribution in [0.5, 0.6) is 0 Å². The molecule has 17 heavy (non-hydrogen) atoms. The maximum atomic E-state index is 12.0. The van der Waals surface area contributed by atoms with Gasteiger partial charge in [-0.1, -0.05) is 12.8 Å². The van der Waals surface area contributed by atoms with E-state index in [4.69, 9.17) is 5.73 Å². The smallest absolute Gasteiger partial charge is 0.223 e. The Morgan fingerprint density at radius 3 is 2.76 bits per heavy atom. The zero-order chi connectivity index (χ0) is 11.8.